The molecular weight excluding hydrogens is 642 g/mol. The van der Waals surface area contributed by atoms with Gasteiger partial charge in [0.05, 0.1) is 50.8 Å². The molecule has 6 nitrogen and oxygen atoms in total. The molecule has 48 heavy (non-hydrogen) atoms. The van der Waals surface area contributed by atoms with Gasteiger partial charge in [0.15, 0.2) is 0 Å². The molecule has 4 aromatic rings. The van der Waals surface area contributed by atoms with Crippen molar-refractivity contribution in [2.75, 3.05) is 13.2 Å². The summed E-state index contributed by atoms with van der Waals surface area (Å²) in [6, 6.07) is 27.0. The van der Waals surface area contributed by atoms with Gasteiger partial charge >= 0.3 is 12.4 Å². The summed E-state index contributed by atoms with van der Waals surface area (Å²) in [5.74, 6) is 0. The maximum Gasteiger partial charge on any atom is 0.416 e. The Morgan fingerprint density at radius 2 is 0.750 bits per heavy atom. The molecule has 0 spiro atoms. The number of alkyl halides is 6. The second-order valence-electron chi connectivity index (χ2n) is 11.1. The number of ether oxygens (including phenoxy) is 4. The summed E-state index contributed by atoms with van der Waals surface area (Å²) in [5, 5.41) is 22.7. The van der Waals surface area contributed by atoms with Gasteiger partial charge in [-0.25, -0.2) is 0 Å². The Hall–Kier alpha value is -3.78. The molecule has 0 aliphatic carbocycles. The first-order valence-electron chi connectivity index (χ1n) is 15.0. The lowest BCUT2D eigenvalue weighted by molar-refractivity contribution is -0.170. The molecule has 0 heterocycles. The third kappa shape index (κ3) is 11.7. The Morgan fingerprint density at radius 1 is 0.438 bits per heavy atom. The van der Waals surface area contributed by atoms with Gasteiger partial charge in [0.25, 0.3) is 0 Å². The summed E-state index contributed by atoms with van der Waals surface area (Å²) in [7, 11) is 0. The van der Waals surface area contributed by atoms with E-state index in [0.29, 0.717) is 11.1 Å². The SMILES string of the molecule is O[C@@H]([C@H](O)[C@@H](COCc1ccc(C(F)(F)F)cc1)OCc1ccccc1)[C@@H](COCc1ccc(C(F)(F)F)cc1)OCc1ccccc1. The highest BCUT2D eigenvalue weighted by Gasteiger charge is 2.35. The monoisotopic (exact) mass is 678 g/mol. The lowest BCUT2D eigenvalue weighted by Gasteiger charge is -2.32. The van der Waals surface area contributed by atoms with Gasteiger partial charge < -0.3 is 29.2 Å². The van der Waals surface area contributed by atoms with E-state index in [1.54, 1.807) is 0 Å². The number of aliphatic hydroxyl groups is 2. The minimum atomic E-state index is -4.48. The van der Waals surface area contributed by atoms with Crippen LogP contribution in [0.25, 0.3) is 0 Å². The van der Waals surface area contributed by atoms with Crippen molar-refractivity contribution < 1.29 is 55.5 Å². The maximum absolute atomic E-state index is 12.9. The van der Waals surface area contributed by atoms with Crippen LogP contribution in [0.4, 0.5) is 26.3 Å². The maximum atomic E-state index is 12.9. The van der Waals surface area contributed by atoms with Crippen molar-refractivity contribution in [3.8, 4) is 0 Å². The molecule has 0 saturated heterocycles. The van der Waals surface area contributed by atoms with E-state index in [1.807, 2.05) is 60.7 Å². The van der Waals surface area contributed by atoms with Crippen molar-refractivity contribution >= 4 is 0 Å². The second kappa shape index (κ2) is 17.6. The molecule has 0 bridgehead atoms. The molecule has 0 saturated carbocycles. The molecule has 4 aromatic carbocycles. The Bertz CT molecular complexity index is 1370. The van der Waals surface area contributed by atoms with Crippen molar-refractivity contribution in [1.82, 2.24) is 0 Å². The van der Waals surface area contributed by atoms with E-state index in [2.05, 4.69) is 0 Å². The highest BCUT2D eigenvalue weighted by Crippen LogP contribution is 2.30. The Morgan fingerprint density at radius 3 is 1.06 bits per heavy atom. The fourth-order valence-electron chi connectivity index (χ4n) is 4.65. The lowest BCUT2D eigenvalue weighted by Crippen LogP contribution is -2.49. The van der Waals surface area contributed by atoms with E-state index in [4.69, 9.17) is 18.9 Å². The van der Waals surface area contributed by atoms with Gasteiger partial charge in [0.2, 0.25) is 0 Å². The van der Waals surface area contributed by atoms with Crippen LogP contribution >= 0.6 is 0 Å². The average Bonchev–Trinajstić information content (AvgIpc) is 3.07. The first kappa shape index (κ1) is 37.0. The summed E-state index contributed by atoms with van der Waals surface area (Å²) >= 11 is 0. The molecular formula is C36H36F6O6. The number of aliphatic hydroxyl groups excluding tert-OH is 2. The topological polar surface area (TPSA) is 77.4 Å². The smallest absolute Gasteiger partial charge is 0.388 e. The van der Waals surface area contributed by atoms with Crippen LogP contribution in [0.5, 0.6) is 0 Å². The average molecular weight is 679 g/mol. The van der Waals surface area contributed by atoms with Crippen molar-refractivity contribution in [3.05, 3.63) is 143 Å². The van der Waals surface area contributed by atoms with Gasteiger partial charge in [0, 0.05) is 0 Å². The van der Waals surface area contributed by atoms with Gasteiger partial charge in [-0.1, -0.05) is 84.9 Å². The Kier molecular flexibility index (Phi) is 13.6. The van der Waals surface area contributed by atoms with E-state index >= 15 is 0 Å². The first-order chi connectivity index (χ1) is 22.9. The minimum Gasteiger partial charge on any atom is -0.388 e. The lowest BCUT2D eigenvalue weighted by atomic mass is 10.0. The zero-order chi connectivity index (χ0) is 34.6. The third-order valence-electron chi connectivity index (χ3n) is 7.39. The van der Waals surface area contributed by atoms with Gasteiger partial charge in [-0.15, -0.1) is 0 Å². The van der Waals surface area contributed by atoms with Crippen LogP contribution in [0.1, 0.15) is 33.4 Å². The van der Waals surface area contributed by atoms with E-state index < -0.39 is 47.9 Å². The molecule has 4 atom stereocenters. The van der Waals surface area contributed by atoms with Crippen LogP contribution in [0.3, 0.4) is 0 Å². The minimum absolute atomic E-state index is 0.0545. The molecule has 0 amide bonds. The molecule has 0 aromatic heterocycles. The predicted molar refractivity (Wildman–Crippen MR) is 164 cm³/mol. The first-order valence-corrected chi connectivity index (χ1v) is 15.0. The second-order valence-corrected chi connectivity index (χ2v) is 11.1. The van der Waals surface area contributed by atoms with Crippen LogP contribution in [0.15, 0.2) is 109 Å². The largest absolute Gasteiger partial charge is 0.416 e. The summed E-state index contributed by atoms with van der Waals surface area (Å²) in [5.41, 5.74) is 0.889. The zero-order valence-electron chi connectivity index (χ0n) is 25.7. The van der Waals surface area contributed by atoms with Crippen LogP contribution in [0.2, 0.25) is 0 Å². The van der Waals surface area contributed by atoms with Gasteiger partial charge in [0.1, 0.15) is 24.4 Å². The van der Waals surface area contributed by atoms with E-state index in [-0.39, 0.29) is 39.6 Å². The zero-order valence-corrected chi connectivity index (χ0v) is 25.7. The number of halogens is 6. The van der Waals surface area contributed by atoms with E-state index in [9.17, 15) is 36.6 Å². The number of benzene rings is 4. The van der Waals surface area contributed by atoms with E-state index in [1.165, 1.54) is 24.3 Å². The van der Waals surface area contributed by atoms with Crippen LogP contribution in [-0.2, 0) is 57.7 Å². The van der Waals surface area contributed by atoms with Crippen LogP contribution < -0.4 is 0 Å². The predicted octanol–water partition coefficient (Wildman–Crippen LogP) is 7.35. The van der Waals surface area contributed by atoms with Crippen molar-refractivity contribution in [1.29, 1.82) is 0 Å². The highest BCUT2D eigenvalue weighted by molar-refractivity contribution is 5.25. The highest BCUT2D eigenvalue weighted by atomic mass is 19.4. The summed E-state index contributed by atoms with van der Waals surface area (Å²) in [4.78, 5) is 0. The summed E-state index contributed by atoms with van der Waals surface area (Å²) < 4.78 is 101. The van der Waals surface area contributed by atoms with Crippen molar-refractivity contribution in [2.45, 2.75) is 63.2 Å². The van der Waals surface area contributed by atoms with Gasteiger partial charge in [-0.2, -0.15) is 26.3 Å². The molecule has 0 aliphatic rings. The van der Waals surface area contributed by atoms with Crippen LogP contribution in [0, 0.1) is 0 Å². The quantitative estimate of drug-likeness (QED) is 0.114. The molecule has 0 unspecified atom stereocenters. The molecule has 0 aliphatic heterocycles. The molecule has 0 fully saturated rings. The fraction of sp³-hybridized carbons (Fsp3) is 0.333. The Balaban J connectivity index is 1.44. The molecule has 12 heteroatoms. The van der Waals surface area contributed by atoms with Crippen molar-refractivity contribution in [2.24, 2.45) is 0 Å². The number of hydrogen-bond acceptors (Lipinski definition) is 6. The summed E-state index contributed by atoms with van der Waals surface area (Å²) in [6.07, 6.45) is -14.3. The summed E-state index contributed by atoms with van der Waals surface area (Å²) in [6.45, 7) is -0.530. The van der Waals surface area contributed by atoms with Gasteiger partial charge in [-0.3, -0.25) is 0 Å². The number of hydrogen-bond donors (Lipinski definition) is 2. The molecule has 0 radical (unpaired) electrons. The van der Waals surface area contributed by atoms with Gasteiger partial charge in [-0.05, 0) is 46.5 Å². The molecule has 4 rings (SSSR count). The normalized spacial score (nSPS) is 14.8. The molecule has 258 valence electrons. The number of rotatable bonds is 17. The van der Waals surface area contributed by atoms with Crippen LogP contribution in [-0.4, -0.2) is 47.8 Å². The Labute approximate surface area is 274 Å². The standard InChI is InChI=1S/C36H36F6O6/c37-35(38,39)29-15-11-27(12-16-29)19-45-23-31(47-21-25-7-3-1-4-8-25)33(43)34(44)32(48-22-26-9-5-2-6-10-26)24-46-20-28-13-17-30(18-14-28)36(40,41)42/h1-18,31-34,43-44H,19-24H2/t31-,32-,33-,34-/m1/s1. The fourth-order valence-corrected chi connectivity index (χ4v) is 4.65. The van der Waals surface area contributed by atoms with E-state index in [0.717, 1.165) is 35.4 Å². The third-order valence-corrected chi connectivity index (χ3v) is 7.39. The van der Waals surface area contributed by atoms with Crippen molar-refractivity contribution in [3.63, 3.8) is 0 Å². The molecule has 2 N–H and O–H groups in total.